The minimum atomic E-state index is 0.212. The second-order valence-electron chi connectivity index (χ2n) is 6.30. The normalized spacial score (nSPS) is 14.0. The third kappa shape index (κ3) is 2.52. The van der Waals surface area contributed by atoms with Crippen LogP contribution in [0.1, 0.15) is 22.4 Å². The molecule has 1 aromatic heterocycles. The van der Waals surface area contributed by atoms with Crippen molar-refractivity contribution in [3.8, 4) is 0 Å². The molecule has 0 bridgehead atoms. The van der Waals surface area contributed by atoms with Crippen LogP contribution in [0, 0.1) is 6.92 Å². The summed E-state index contributed by atoms with van der Waals surface area (Å²) in [7, 11) is 0. The highest BCUT2D eigenvalue weighted by molar-refractivity contribution is 5.86. The lowest BCUT2D eigenvalue weighted by atomic mass is 10.0. The first-order valence-corrected chi connectivity index (χ1v) is 8.13. The summed E-state index contributed by atoms with van der Waals surface area (Å²) in [5, 5.41) is 1.30. The van der Waals surface area contributed by atoms with E-state index >= 15 is 0 Å². The molecule has 0 aliphatic carbocycles. The average molecular weight is 304 g/mol. The smallest absolute Gasteiger partial charge is 0.227 e. The van der Waals surface area contributed by atoms with E-state index in [2.05, 4.69) is 36.2 Å². The molecule has 0 unspecified atom stereocenters. The number of aromatic nitrogens is 1. The summed E-state index contributed by atoms with van der Waals surface area (Å²) in [4.78, 5) is 18.1. The molecule has 3 heteroatoms. The number of para-hydroxylation sites is 1. The second-order valence-corrected chi connectivity index (χ2v) is 6.30. The van der Waals surface area contributed by atoms with Crippen molar-refractivity contribution in [2.45, 2.75) is 26.3 Å². The number of aryl methyl sites for hydroxylation is 1. The van der Waals surface area contributed by atoms with Gasteiger partial charge in [0, 0.05) is 23.1 Å². The van der Waals surface area contributed by atoms with Gasteiger partial charge in [0.25, 0.3) is 0 Å². The van der Waals surface area contributed by atoms with Gasteiger partial charge in [0.1, 0.15) is 0 Å². The lowest BCUT2D eigenvalue weighted by molar-refractivity contribution is -0.131. The quantitative estimate of drug-likeness (QED) is 0.771. The van der Waals surface area contributed by atoms with Gasteiger partial charge in [-0.2, -0.15) is 0 Å². The van der Waals surface area contributed by atoms with Crippen LogP contribution in [0.25, 0.3) is 10.9 Å². The van der Waals surface area contributed by atoms with Crippen molar-refractivity contribution < 1.29 is 4.79 Å². The zero-order chi connectivity index (χ0) is 15.8. The Hall–Kier alpha value is -2.55. The molecule has 4 rings (SSSR count). The zero-order valence-corrected chi connectivity index (χ0v) is 13.3. The lowest BCUT2D eigenvalue weighted by Gasteiger charge is -2.27. The molecule has 0 radical (unpaired) electrons. The maximum atomic E-state index is 12.7. The molecule has 1 aliphatic heterocycles. The minimum Gasteiger partial charge on any atom is -0.357 e. The van der Waals surface area contributed by atoms with Crippen molar-refractivity contribution in [2.24, 2.45) is 0 Å². The Morgan fingerprint density at radius 1 is 1.13 bits per heavy atom. The van der Waals surface area contributed by atoms with Crippen LogP contribution in [0.4, 0.5) is 0 Å². The number of fused-ring (bicyclic) bond motifs is 3. The van der Waals surface area contributed by atoms with Gasteiger partial charge in [0.15, 0.2) is 0 Å². The summed E-state index contributed by atoms with van der Waals surface area (Å²) in [5.41, 5.74) is 6.05. The Bertz CT molecular complexity index is 878. The van der Waals surface area contributed by atoms with Crippen molar-refractivity contribution in [1.82, 2.24) is 9.88 Å². The van der Waals surface area contributed by atoms with E-state index < -0.39 is 0 Å². The van der Waals surface area contributed by atoms with Gasteiger partial charge in [-0.1, -0.05) is 42.5 Å². The summed E-state index contributed by atoms with van der Waals surface area (Å²) >= 11 is 0. The van der Waals surface area contributed by atoms with Crippen LogP contribution in [0.2, 0.25) is 0 Å². The first kappa shape index (κ1) is 14.1. The second kappa shape index (κ2) is 5.58. The van der Waals surface area contributed by atoms with E-state index in [1.54, 1.807) is 0 Å². The topological polar surface area (TPSA) is 36.1 Å². The van der Waals surface area contributed by atoms with Crippen LogP contribution in [-0.4, -0.2) is 22.3 Å². The van der Waals surface area contributed by atoms with Gasteiger partial charge in [-0.3, -0.25) is 4.79 Å². The maximum absolute atomic E-state index is 12.7. The zero-order valence-electron chi connectivity index (χ0n) is 13.3. The largest absolute Gasteiger partial charge is 0.357 e. The van der Waals surface area contributed by atoms with Crippen LogP contribution in [-0.2, 0) is 24.2 Å². The average Bonchev–Trinajstić information content (AvgIpc) is 2.94. The minimum absolute atomic E-state index is 0.212. The van der Waals surface area contributed by atoms with Gasteiger partial charge < -0.3 is 9.88 Å². The molecule has 1 N–H and O–H groups in total. The molecular formula is C20H20N2O. The van der Waals surface area contributed by atoms with Gasteiger partial charge in [-0.15, -0.1) is 0 Å². The number of carbonyl (C=O) groups is 1. The van der Waals surface area contributed by atoms with Crippen molar-refractivity contribution in [3.05, 3.63) is 70.9 Å². The fourth-order valence-electron chi connectivity index (χ4n) is 3.49. The van der Waals surface area contributed by atoms with Crippen molar-refractivity contribution in [1.29, 1.82) is 0 Å². The molecule has 3 nitrogen and oxygen atoms in total. The van der Waals surface area contributed by atoms with Crippen LogP contribution in [0.5, 0.6) is 0 Å². The molecule has 1 aliphatic rings. The number of hydrogen-bond donors (Lipinski definition) is 1. The van der Waals surface area contributed by atoms with E-state index in [1.807, 2.05) is 29.2 Å². The van der Waals surface area contributed by atoms with E-state index in [9.17, 15) is 4.79 Å². The fraction of sp³-hybridized carbons (Fsp3) is 0.250. The number of aromatic amines is 1. The van der Waals surface area contributed by atoms with Crippen molar-refractivity contribution in [2.75, 3.05) is 6.54 Å². The number of carbonyl (C=O) groups excluding carboxylic acids is 1. The van der Waals surface area contributed by atoms with Gasteiger partial charge >= 0.3 is 0 Å². The number of nitrogens with zero attached hydrogens (tertiary/aromatic N) is 1. The summed E-state index contributed by atoms with van der Waals surface area (Å²) in [6.45, 7) is 3.56. The fourth-order valence-corrected chi connectivity index (χ4v) is 3.49. The van der Waals surface area contributed by atoms with Crippen LogP contribution in [0.3, 0.4) is 0 Å². The Morgan fingerprint density at radius 2 is 1.91 bits per heavy atom. The Kier molecular flexibility index (Phi) is 3.41. The Balaban J connectivity index is 1.56. The number of amides is 1. The highest BCUT2D eigenvalue weighted by Gasteiger charge is 2.23. The third-order valence-electron chi connectivity index (χ3n) is 4.84. The molecule has 0 spiro atoms. The third-order valence-corrected chi connectivity index (χ3v) is 4.84. The lowest BCUT2D eigenvalue weighted by Crippen LogP contribution is -2.36. The molecule has 23 heavy (non-hydrogen) atoms. The monoisotopic (exact) mass is 304 g/mol. The molecular weight excluding hydrogens is 284 g/mol. The van der Waals surface area contributed by atoms with Gasteiger partial charge in [0.05, 0.1) is 13.0 Å². The van der Waals surface area contributed by atoms with Gasteiger partial charge in [-0.25, -0.2) is 0 Å². The van der Waals surface area contributed by atoms with Crippen molar-refractivity contribution in [3.63, 3.8) is 0 Å². The Morgan fingerprint density at radius 3 is 2.78 bits per heavy atom. The molecule has 2 heterocycles. The van der Waals surface area contributed by atoms with E-state index in [1.165, 1.54) is 27.7 Å². The summed E-state index contributed by atoms with van der Waals surface area (Å²) in [6.07, 6.45) is 1.42. The van der Waals surface area contributed by atoms with Crippen molar-refractivity contribution >= 4 is 16.8 Å². The number of H-pyrrole nitrogens is 1. The van der Waals surface area contributed by atoms with E-state index in [-0.39, 0.29) is 5.91 Å². The number of hydrogen-bond acceptors (Lipinski definition) is 1. The SMILES string of the molecule is Cc1ccccc1CC(=O)N1CCc2c([nH]c3ccccc23)C1. The molecule has 0 fully saturated rings. The summed E-state index contributed by atoms with van der Waals surface area (Å²) in [5.74, 6) is 0.212. The first-order valence-electron chi connectivity index (χ1n) is 8.13. The number of benzene rings is 2. The Labute approximate surface area is 135 Å². The van der Waals surface area contributed by atoms with Crippen LogP contribution < -0.4 is 0 Å². The van der Waals surface area contributed by atoms with Crippen LogP contribution in [0.15, 0.2) is 48.5 Å². The van der Waals surface area contributed by atoms with E-state index in [4.69, 9.17) is 0 Å². The first-order chi connectivity index (χ1) is 11.2. The molecule has 0 saturated carbocycles. The van der Waals surface area contributed by atoms with Gasteiger partial charge in [0.2, 0.25) is 5.91 Å². The summed E-state index contributed by atoms with van der Waals surface area (Å²) < 4.78 is 0. The molecule has 0 saturated heterocycles. The number of rotatable bonds is 2. The molecule has 3 aromatic rings. The van der Waals surface area contributed by atoms with Crippen LogP contribution >= 0.6 is 0 Å². The van der Waals surface area contributed by atoms with Gasteiger partial charge in [-0.05, 0) is 36.1 Å². The highest BCUT2D eigenvalue weighted by atomic mass is 16.2. The number of nitrogens with one attached hydrogen (secondary N) is 1. The molecule has 1 amide bonds. The molecule has 0 atom stereocenters. The maximum Gasteiger partial charge on any atom is 0.227 e. The standard InChI is InChI=1S/C20H20N2O/c1-14-6-2-3-7-15(14)12-20(23)22-11-10-17-16-8-4-5-9-18(16)21-19(17)13-22/h2-9,21H,10-13H2,1H3. The molecule has 116 valence electrons. The predicted octanol–water partition coefficient (Wildman–Crippen LogP) is 3.60. The molecule has 2 aromatic carbocycles. The van der Waals surface area contributed by atoms with E-state index in [0.29, 0.717) is 13.0 Å². The van der Waals surface area contributed by atoms with E-state index in [0.717, 1.165) is 18.5 Å². The highest BCUT2D eigenvalue weighted by Crippen LogP contribution is 2.27. The summed E-state index contributed by atoms with van der Waals surface area (Å²) in [6, 6.07) is 16.5. The predicted molar refractivity (Wildman–Crippen MR) is 92.3 cm³/mol.